The van der Waals surface area contributed by atoms with Crippen LogP contribution in [0.4, 0.5) is 0 Å². The summed E-state index contributed by atoms with van der Waals surface area (Å²) in [6.45, 7) is 7.47. The zero-order valence-corrected chi connectivity index (χ0v) is 15.7. The minimum atomic E-state index is -0.193. The summed E-state index contributed by atoms with van der Waals surface area (Å²) < 4.78 is 4.75. The molecule has 1 atom stereocenters. The average Bonchev–Trinajstić information content (AvgIpc) is 2.87. The number of likely N-dealkylation sites (tertiary alicyclic amines) is 1. The maximum absolute atomic E-state index is 11.4. The first-order valence-corrected chi connectivity index (χ1v) is 7.71. The Morgan fingerprint density at radius 1 is 1.43 bits per heavy atom. The fourth-order valence-electron chi connectivity index (χ4n) is 3.13. The highest BCUT2D eigenvalue weighted by Gasteiger charge is 2.43. The van der Waals surface area contributed by atoms with Gasteiger partial charge in [0.25, 0.3) is 0 Å². The summed E-state index contributed by atoms with van der Waals surface area (Å²) in [6.07, 6.45) is 5.38. The number of carbonyl (C=O) groups excluding carboxylic acids is 1. The number of guanidine groups is 1. The molecule has 0 amide bonds. The fourth-order valence-corrected chi connectivity index (χ4v) is 3.13. The van der Waals surface area contributed by atoms with Crippen molar-refractivity contribution in [3.63, 3.8) is 0 Å². The van der Waals surface area contributed by atoms with Crippen LogP contribution in [0.15, 0.2) is 4.99 Å². The molecule has 0 bridgehead atoms. The van der Waals surface area contributed by atoms with Crippen molar-refractivity contribution in [2.45, 2.75) is 39.5 Å². The smallest absolute Gasteiger partial charge is 0.310 e. The number of methoxy groups -OCH3 is 1. The summed E-state index contributed by atoms with van der Waals surface area (Å²) in [5.74, 6) is 0.572. The molecule has 1 unspecified atom stereocenters. The van der Waals surface area contributed by atoms with Crippen molar-refractivity contribution >= 4 is 35.9 Å². The van der Waals surface area contributed by atoms with Crippen molar-refractivity contribution < 1.29 is 9.53 Å². The van der Waals surface area contributed by atoms with Crippen LogP contribution in [0.2, 0.25) is 0 Å². The van der Waals surface area contributed by atoms with E-state index >= 15 is 0 Å². The standard InChI is InChI=1S/C15H27N3O2.HI/c1-4-16-14(17-10-12(2)13(19)20-3)18-9-8-15(11-18)6-5-7-15;/h12H,4-11H2,1-3H3,(H,16,17);1H. The Balaban J connectivity index is 0.00000220. The van der Waals surface area contributed by atoms with Crippen LogP contribution in [-0.2, 0) is 9.53 Å². The molecule has 2 aliphatic rings. The molecule has 1 heterocycles. The summed E-state index contributed by atoms with van der Waals surface area (Å²) in [6, 6.07) is 0. The Morgan fingerprint density at radius 2 is 2.14 bits per heavy atom. The predicted molar refractivity (Wildman–Crippen MR) is 95.0 cm³/mol. The third-order valence-electron chi connectivity index (χ3n) is 4.61. The van der Waals surface area contributed by atoms with Crippen LogP contribution >= 0.6 is 24.0 Å². The molecule has 0 aromatic heterocycles. The molecular weight excluding hydrogens is 381 g/mol. The van der Waals surface area contributed by atoms with Crippen LogP contribution < -0.4 is 5.32 Å². The van der Waals surface area contributed by atoms with Crippen molar-refractivity contribution in [3.05, 3.63) is 0 Å². The number of halogens is 1. The number of aliphatic imine (C=N–C) groups is 1. The minimum absolute atomic E-state index is 0. The van der Waals surface area contributed by atoms with E-state index in [9.17, 15) is 4.79 Å². The number of rotatable bonds is 4. The van der Waals surface area contributed by atoms with E-state index in [0.717, 1.165) is 25.6 Å². The van der Waals surface area contributed by atoms with Gasteiger partial charge >= 0.3 is 5.97 Å². The summed E-state index contributed by atoms with van der Waals surface area (Å²) in [7, 11) is 1.43. The zero-order valence-electron chi connectivity index (χ0n) is 13.4. The minimum Gasteiger partial charge on any atom is -0.469 e. The van der Waals surface area contributed by atoms with Gasteiger partial charge in [0.05, 0.1) is 19.6 Å². The van der Waals surface area contributed by atoms with E-state index in [-0.39, 0.29) is 35.9 Å². The Morgan fingerprint density at radius 3 is 2.62 bits per heavy atom. The second-order valence-corrected chi connectivity index (χ2v) is 6.14. The van der Waals surface area contributed by atoms with Crippen molar-refractivity contribution in [2.24, 2.45) is 16.3 Å². The van der Waals surface area contributed by atoms with Crippen molar-refractivity contribution in [1.82, 2.24) is 10.2 Å². The van der Waals surface area contributed by atoms with Gasteiger partial charge in [-0.05, 0) is 31.6 Å². The van der Waals surface area contributed by atoms with Crippen molar-refractivity contribution in [1.29, 1.82) is 0 Å². The number of esters is 1. The SMILES string of the molecule is CCNC(=NCC(C)C(=O)OC)N1CCC2(CCC2)C1.I. The Bertz CT molecular complexity index is 383. The molecule has 2 rings (SSSR count). The van der Waals surface area contributed by atoms with Gasteiger partial charge in [0.2, 0.25) is 0 Å². The molecule has 1 saturated carbocycles. The Labute approximate surface area is 144 Å². The lowest BCUT2D eigenvalue weighted by Gasteiger charge is -2.38. The molecule has 0 aromatic rings. The largest absolute Gasteiger partial charge is 0.469 e. The molecular formula is C15H28IN3O2. The molecule has 2 fully saturated rings. The van der Waals surface area contributed by atoms with E-state index < -0.39 is 0 Å². The van der Waals surface area contributed by atoms with E-state index in [1.807, 2.05) is 6.92 Å². The summed E-state index contributed by atoms with van der Waals surface area (Å²) in [5.41, 5.74) is 0.560. The topological polar surface area (TPSA) is 53.9 Å². The summed E-state index contributed by atoms with van der Waals surface area (Å²) >= 11 is 0. The van der Waals surface area contributed by atoms with Crippen LogP contribution in [0, 0.1) is 11.3 Å². The van der Waals surface area contributed by atoms with Gasteiger partial charge in [-0.2, -0.15) is 0 Å². The van der Waals surface area contributed by atoms with E-state index in [2.05, 4.69) is 22.1 Å². The molecule has 1 aliphatic heterocycles. The third kappa shape index (κ3) is 4.47. The van der Waals surface area contributed by atoms with Gasteiger partial charge in [0.1, 0.15) is 0 Å². The third-order valence-corrected chi connectivity index (χ3v) is 4.61. The second kappa shape index (κ2) is 8.19. The van der Waals surface area contributed by atoms with Crippen LogP contribution in [0.25, 0.3) is 0 Å². The monoisotopic (exact) mass is 409 g/mol. The predicted octanol–water partition coefficient (Wildman–Crippen LogP) is 2.26. The summed E-state index contributed by atoms with van der Waals surface area (Å²) in [5, 5.41) is 3.35. The number of hydrogen-bond acceptors (Lipinski definition) is 3. The molecule has 122 valence electrons. The Kier molecular flexibility index (Phi) is 7.23. The van der Waals surface area contributed by atoms with Crippen LogP contribution in [0.3, 0.4) is 0 Å². The van der Waals surface area contributed by atoms with E-state index in [1.54, 1.807) is 0 Å². The molecule has 6 heteroatoms. The maximum Gasteiger partial charge on any atom is 0.310 e. The molecule has 0 aromatic carbocycles. The molecule has 0 radical (unpaired) electrons. The zero-order chi connectivity index (χ0) is 14.6. The molecule has 5 nitrogen and oxygen atoms in total. The highest BCUT2D eigenvalue weighted by atomic mass is 127. The lowest BCUT2D eigenvalue weighted by molar-refractivity contribution is -0.144. The number of hydrogen-bond donors (Lipinski definition) is 1. The van der Waals surface area contributed by atoms with Crippen LogP contribution in [0.1, 0.15) is 39.5 Å². The summed E-state index contributed by atoms with van der Waals surface area (Å²) in [4.78, 5) is 18.4. The first-order chi connectivity index (χ1) is 9.60. The number of nitrogens with one attached hydrogen (secondary N) is 1. The molecule has 21 heavy (non-hydrogen) atoms. The fraction of sp³-hybridized carbons (Fsp3) is 0.867. The second-order valence-electron chi connectivity index (χ2n) is 6.14. The van der Waals surface area contributed by atoms with E-state index in [4.69, 9.17) is 4.74 Å². The van der Waals surface area contributed by atoms with E-state index in [1.165, 1.54) is 32.8 Å². The van der Waals surface area contributed by atoms with Gasteiger partial charge in [0, 0.05) is 19.6 Å². The van der Waals surface area contributed by atoms with Crippen molar-refractivity contribution in [2.75, 3.05) is 33.3 Å². The molecule has 1 N–H and O–H groups in total. The first-order valence-electron chi connectivity index (χ1n) is 7.71. The highest BCUT2D eigenvalue weighted by molar-refractivity contribution is 14.0. The molecule has 1 spiro atoms. The Hall–Kier alpha value is -0.530. The normalized spacial score (nSPS) is 21.5. The van der Waals surface area contributed by atoms with Gasteiger partial charge in [-0.25, -0.2) is 0 Å². The molecule has 1 saturated heterocycles. The van der Waals surface area contributed by atoms with Gasteiger partial charge in [-0.1, -0.05) is 13.3 Å². The van der Waals surface area contributed by atoms with E-state index in [0.29, 0.717) is 12.0 Å². The number of nitrogens with zero attached hydrogens (tertiary/aromatic N) is 2. The highest BCUT2D eigenvalue weighted by Crippen LogP contribution is 2.47. The van der Waals surface area contributed by atoms with Gasteiger partial charge in [0.15, 0.2) is 5.96 Å². The maximum atomic E-state index is 11.4. The number of ether oxygens (including phenoxy) is 1. The lowest BCUT2D eigenvalue weighted by atomic mass is 9.68. The lowest BCUT2D eigenvalue weighted by Crippen LogP contribution is -2.42. The van der Waals surface area contributed by atoms with Gasteiger partial charge < -0.3 is 15.0 Å². The van der Waals surface area contributed by atoms with Crippen molar-refractivity contribution in [3.8, 4) is 0 Å². The van der Waals surface area contributed by atoms with Crippen LogP contribution in [0.5, 0.6) is 0 Å². The average molecular weight is 409 g/mol. The molecule has 1 aliphatic carbocycles. The van der Waals surface area contributed by atoms with Gasteiger partial charge in [-0.3, -0.25) is 9.79 Å². The first kappa shape index (κ1) is 18.5. The quantitative estimate of drug-likeness (QED) is 0.335. The number of carbonyl (C=O) groups is 1. The van der Waals surface area contributed by atoms with Crippen LogP contribution in [-0.4, -0.2) is 50.1 Å². The van der Waals surface area contributed by atoms with Gasteiger partial charge in [-0.15, -0.1) is 24.0 Å².